The zero-order valence-corrected chi connectivity index (χ0v) is 12.9. The molecule has 0 aromatic heterocycles. The van der Waals surface area contributed by atoms with E-state index in [-0.39, 0.29) is 0 Å². The number of hydrogen-bond acceptors (Lipinski definition) is 4. The van der Waals surface area contributed by atoms with Gasteiger partial charge in [-0.05, 0) is 53.5 Å². The molecule has 0 spiro atoms. The molecule has 0 heterocycles. The molecule has 110 valence electrons. The van der Waals surface area contributed by atoms with Gasteiger partial charge in [0.1, 0.15) is 0 Å². The minimum Gasteiger partial charge on any atom is -0.320 e. The van der Waals surface area contributed by atoms with E-state index < -0.39 is 10.2 Å². The predicted octanol–water partition coefficient (Wildman–Crippen LogP) is -0.296. The summed E-state index contributed by atoms with van der Waals surface area (Å²) < 4.78 is 27.6. The summed E-state index contributed by atoms with van der Waals surface area (Å²) >= 11 is 0. The van der Waals surface area contributed by atoms with Crippen molar-refractivity contribution in [2.45, 2.75) is 19.3 Å². The Kier molecular flexibility index (Phi) is 9.57. The molecule has 18 heavy (non-hydrogen) atoms. The molecule has 0 aliphatic rings. The van der Waals surface area contributed by atoms with Crippen LogP contribution in [-0.4, -0.2) is 72.0 Å². The van der Waals surface area contributed by atoms with Gasteiger partial charge in [-0.25, -0.2) is 4.72 Å². The van der Waals surface area contributed by atoms with Crippen LogP contribution in [-0.2, 0) is 10.2 Å². The fourth-order valence-electron chi connectivity index (χ4n) is 1.46. The van der Waals surface area contributed by atoms with Crippen molar-refractivity contribution >= 4 is 10.2 Å². The van der Waals surface area contributed by atoms with Gasteiger partial charge < -0.3 is 10.2 Å². The van der Waals surface area contributed by atoms with Crippen molar-refractivity contribution in [3.05, 3.63) is 0 Å². The second kappa shape index (κ2) is 9.69. The molecule has 0 saturated heterocycles. The Hall–Kier alpha value is -0.210. The molecule has 0 bridgehead atoms. The standard InChI is InChI=1S/C11H28N4O2S/c1-12-8-7-11-15(4)18(16,17)13-9-5-6-10-14(2)3/h12-13H,5-11H2,1-4H3. The summed E-state index contributed by atoms with van der Waals surface area (Å²) in [5, 5.41) is 3.00. The summed E-state index contributed by atoms with van der Waals surface area (Å²) in [5.41, 5.74) is 0. The van der Waals surface area contributed by atoms with Crippen LogP contribution >= 0.6 is 0 Å². The second-order valence-corrected chi connectivity index (χ2v) is 6.55. The predicted molar refractivity (Wildman–Crippen MR) is 75.9 cm³/mol. The molecule has 0 rings (SSSR count). The van der Waals surface area contributed by atoms with E-state index in [4.69, 9.17) is 0 Å². The van der Waals surface area contributed by atoms with Gasteiger partial charge in [0.15, 0.2) is 0 Å². The summed E-state index contributed by atoms with van der Waals surface area (Å²) in [6.45, 7) is 2.85. The Morgan fingerprint density at radius 1 is 0.944 bits per heavy atom. The molecule has 0 aliphatic heterocycles. The molecular formula is C11H28N4O2S. The van der Waals surface area contributed by atoms with Gasteiger partial charge in [0.05, 0.1) is 0 Å². The lowest BCUT2D eigenvalue weighted by Crippen LogP contribution is -2.39. The fourth-order valence-corrected chi connectivity index (χ4v) is 2.46. The summed E-state index contributed by atoms with van der Waals surface area (Å²) in [6.07, 6.45) is 2.68. The zero-order chi connectivity index (χ0) is 14.0. The molecule has 6 nitrogen and oxygen atoms in total. The van der Waals surface area contributed by atoms with E-state index in [0.717, 1.165) is 32.4 Å². The van der Waals surface area contributed by atoms with Crippen molar-refractivity contribution in [2.24, 2.45) is 0 Å². The van der Waals surface area contributed by atoms with E-state index >= 15 is 0 Å². The molecular weight excluding hydrogens is 252 g/mol. The third-order valence-electron chi connectivity index (χ3n) is 2.63. The first-order valence-corrected chi connectivity index (χ1v) is 7.84. The lowest BCUT2D eigenvalue weighted by atomic mass is 10.3. The molecule has 0 saturated carbocycles. The smallest absolute Gasteiger partial charge is 0.279 e. The van der Waals surface area contributed by atoms with Gasteiger partial charge in [-0.1, -0.05) is 0 Å². The SMILES string of the molecule is CNCCCN(C)S(=O)(=O)NCCCCN(C)C. The highest BCUT2D eigenvalue weighted by Crippen LogP contribution is 1.97. The zero-order valence-electron chi connectivity index (χ0n) is 12.1. The van der Waals surface area contributed by atoms with Crippen molar-refractivity contribution in [1.29, 1.82) is 0 Å². The summed E-state index contributed by atoms with van der Waals surface area (Å²) in [6, 6.07) is 0. The quantitative estimate of drug-likeness (QED) is 0.510. The fraction of sp³-hybridized carbons (Fsp3) is 1.00. The molecule has 7 heteroatoms. The van der Waals surface area contributed by atoms with Gasteiger partial charge in [0.25, 0.3) is 10.2 Å². The van der Waals surface area contributed by atoms with Gasteiger partial charge in [0, 0.05) is 20.1 Å². The third kappa shape index (κ3) is 8.82. The summed E-state index contributed by atoms with van der Waals surface area (Å²) in [5.74, 6) is 0. The molecule has 0 amide bonds. The monoisotopic (exact) mass is 280 g/mol. The molecule has 0 atom stereocenters. The highest BCUT2D eigenvalue weighted by molar-refractivity contribution is 7.87. The van der Waals surface area contributed by atoms with Crippen LogP contribution in [0.25, 0.3) is 0 Å². The third-order valence-corrected chi connectivity index (χ3v) is 4.20. The number of nitrogens with zero attached hydrogens (tertiary/aromatic N) is 2. The van der Waals surface area contributed by atoms with E-state index in [1.54, 1.807) is 7.05 Å². The first-order chi connectivity index (χ1) is 8.40. The van der Waals surface area contributed by atoms with Crippen LogP contribution in [0.2, 0.25) is 0 Å². The molecule has 0 fully saturated rings. The van der Waals surface area contributed by atoms with Crippen molar-refractivity contribution in [3.63, 3.8) is 0 Å². The van der Waals surface area contributed by atoms with Crippen LogP contribution < -0.4 is 10.0 Å². The number of nitrogens with one attached hydrogen (secondary N) is 2. The Labute approximate surface area is 112 Å². The first-order valence-electron chi connectivity index (χ1n) is 6.40. The van der Waals surface area contributed by atoms with Gasteiger partial charge in [-0.15, -0.1) is 0 Å². The van der Waals surface area contributed by atoms with E-state index in [1.165, 1.54) is 4.31 Å². The molecule has 0 aromatic carbocycles. The minimum absolute atomic E-state index is 0.506. The Morgan fingerprint density at radius 2 is 1.61 bits per heavy atom. The average molecular weight is 280 g/mol. The van der Waals surface area contributed by atoms with Crippen molar-refractivity contribution in [1.82, 2.24) is 19.2 Å². The number of unbranched alkanes of at least 4 members (excludes halogenated alkanes) is 1. The van der Waals surface area contributed by atoms with E-state index in [9.17, 15) is 8.42 Å². The number of rotatable bonds is 11. The summed E-state index contributed by atoms with van der Waals surface area (Å²) in [4.78, 5) is 2.10. The molecule has 2 N–H and O–H groups in total. The van der Waals surface area contributed by atoms with Crippen LogP contribution in [0.3, 0.4) is 0 Å². The number of hydrogen-bond donors (Lipinski definition) is 2. The van der Waals surface area contributed by atoms with E-state index in [1.807, 2.05) is 21.1 Å². The highest BCUT2D eigenvalue weighted by atomic mass is 32.2. The van der Waals surface area contributed by atoms with Crippen LogP contribution in [0, 0.1) is 0 Å². The molecule has 0 radical (unpaired) electrons. The average Bonchev–Trinajstić information content (AvgIpc) is 2.28. The van der Waals surface area contributed by atoms with Crippen molar-refractivity contribution < 1.29 is 8.42 Å². The molecule has 0 aromatic rings. The Balaban J connectivity index is 3.78. The molecule has 0 aliphatic carbocycles. The van der Waals surface area contributed by atoms with Gasteiger partial charge in [-0.3, -0.25) is 0 Å². The van der Waals surface area contributed by atoms with Crippen LogP contribution in [0.5, 0.6) is 0 Å². The lowest BCUT2D eigenvalue weighted by Gasteiger charge is -2.17. The minimum atomic E-state index is -3.30. The van der Waals surface area contributed by atoms with Crippen LogP contribution in [0.4, 0.5) is 0 Å². The van der Waals surface area contributed by atoms with Crippen molar-refractivity contribution in [3.8, 4) is 0 Å². The summed E-state index contributed by atoms with van der Waals surface area (Å²) in [7, 11) is 4.20. The maximum Gasteiger partial charge on any atom is 0.279 e. The Morgan fingerprint density at radius 3 is 2.17 bits per heavy atom. The maximum atomic E-state index is 11.8. The maximum absolute atomic E-state index is 11.8. The largest absolute Gasteiger partial charge is 0.320 e. The second-order valence-electron chi connectivity index (χ2n) is 4.69. The van der Waals surface area contributed by atoms with Gasteiger partial charge >= 0.3 is 0 Å². The van der Waals surface area contributed by atoms with Gasteiger partial charge in [0.2, 0.25) is 0 Å². The van der Waals surface area contributed by atoms with Crippen LogP contribution in [0.1, 0.15) is 19.3 Å². The normalized spacial score (nSPS) is 12.6. The lowest BCUT2D eigenvalue weighted by molar-refractivity contribution is 0.393. The first kappa shape index (κ1) is 17.8. The van der Waals surface area contributed by atoms with E-state index in [2.05, 4.69) is 14.9 Å². The van der Waals surface area contributed by atoms with Gasteiger partial charge in [-0.2, -0.15) is 12.7 Å². The molecule has 0 unspecified atom stereocenters. The van der Waals surface area contributed by atoms with E-state index in [0.29, 0.717) is 13.1 Å². The Bertz CT molecular complexity index is 293. The highest BCUT2D eigenvalue weighted by Gasteiger charge is 2.15. The van der Waals surface area contributed by atoms with Crippen molar-refractivity contribution in [2.75, 3.05) is 54.4 Å². The van der Waals surface area contributed by atoms with Crippen LogP contribution in [0.15, 0.2) is 0 Å². The topological polar surface area (TPSA) is 64.7 Å².